The van der Waals surface area contributed by atoms with E-state index < -0.39 is 5.82 Å². The third-order valence-electron chi connectivity index (χ3n) is 3.23. The molecule has 0 bridgehead atoms. The second-order valence-electron chi connectivity index (χ2n) is 5.39. The number of carbonyl (C=O) groups is 1. The molecule has 0 atom stereocenters. The van der Waals surface area contributed by atoms with Gasteiger partial charge in [0.15, 0.2) is 18.2 Å². The van der Waals surface area contributed by atoms with Gasteiger partial charge in [0.05, 0.1) is 0 Å². The molecule has 0 saturated carbocycles. The normalized spacial score (nSPS) is 11.2. The minimum absolute atomic E-state index is 0.0877. The van der Waals surface area contributed by atoms with Crippen LogP contribution in [0.5, 0.6) is 5.75 Å². The minimum atomic E-state index is -0.469. The number of thiophene rings is 1. The van der Waals surface area contributed by atoms with Crippen molar-refractivity contribution in [2.75, 3.05) is 13.2 Å². The summed E-state index contributed by atoms with van der Waals surface area (Å²) in [4.78, 5) is 11.8. The molecule has 1 N–H and O–H groups in total. The van der Waals surface area contributed by atoms with Crippen LogP contribution in [0.1, 0.15) is 19.4 Å². The summed E-state index contributed by atoms with van der Waals surface area (Å²) in [7, 11) is 0. The summed E-state index contributed by atoms with van der Waals surface area (Å²) in [6.07, 6.45) is 0. The lowest BCUT2D eigenvalue weighted by Gasteiger charge is -2.24. The highest BCUT2D eigenvalue weighted by Crippen LogP contribution is 2.24. The van der Waals surface area contributed by atoms with Crippen LogP contribution in [0.25, 0.3) is 0 Å². The summed E-state index contributed by atoms with van der Waals surface area (Å²) in [6, 6.07) is 8.08. The first-order valence-corrected chi connectivity index (χ1v) is 7.60. The smallest absolute Gasteiger partial charge is 0.257 e. The second kappa shape index (κ2) is 6.72. The Morgan fingerprint density at radius 3 is 2.76 bits per heavy atom. The van der Waals surface area contributed by atoms with Crippen molar-refractivity contribution in [1.82, 2.24) is 5.32 Å². The van der Waals surface area contributed by atoms with Gasteiger partial charge in [-0.15, -0.1) is 0 Å². The largest absolute Gasteiger partial charge is 0.481 e. The van der Waals surface area contributed by atoms with E-state index in [9.17, 15) is 9.18 Å². The predicted octanol–water partition coefficient (Wildman–Crippen LogP) is 3.36. The Morgan fingerprint density at radius 2 is 2.10 bits per heavy atom. The van der Waals surface area contributed by atoms with Gasteiger partial charge >= 0.3 is 0 Å². The number of ether oxygens (including phenoxy) is 1. The topological polar surface area (TPSA) is 38.3 Å². The fourth-order valence-electron chi connectivity index (χ4n) is 1.83. The van der Waals surface area contributed by atoms with Crippen molar-refractivity contribution in [2.45, 2.75) is 19.3 Å². The summed E-state index contributed by atoms with van der Waals surface area (Å²) in [5.74, 6) is -0.643. The van der Waals surface area contributed by atoms with Gasteiger partial charge in [-0.2, -0.15) is 11.3 Å². The number of benzene rings is 1. The summed E-state index contributed by atoms with van der Waals surface area (Å²) in [5.41, 5.74) is 1.04. The number of nitrogens with one attached hydrogen (secondary N) is 1. The molecule has 5 heteroatoms. The molecular weight excluding hydrogens is 289 g/mol. The molecular formula is C16H18FNO2S. The number of rotatable bonds is 6. The van der Waals surface area contributed by atoms with Gasteiger partial charge < -0.3 is 10.1 Å². The molecule has 1 aromatic heterocycles. The molecule has 1 heterocycles. The highest BCUT2D eigenvalue weighted by molar-refractivity contribution is 7.08. The number of para-hydroxylation sites is 1. The van der Waals surface area contributed by atoms with Crippen LogP contribution < -0.4 is 10.1 Å². The lowest BCUT2D eigenvalue weighted by Crippen LogP contribution is -2.38. The zero-order chi connectivity index (χ0) is 15.3. The summed E-state index contributed by atoms with van der Waals surface area (Å²) >= 11 is 1.63. The van der Waals surface area contributed by atoms with Gasteiger partial charge in [-0.1, -0.05) is 26.0 Å². The highest BCUT2D eigenvalue weighted by atomic mass is 32.1. The summed E-state index contributed by atoms with van der Waals surface area (Å²) in [5, 5.41) is 6.90. The van der Waals surface area contributed by atoms with E-state index in [1.165, 1.54) is 17.7 Å². The Hall–Kier alpha value is -1.88. The van der Waals surface area contributed by atoms with E-state index in [1.807, 2.05) is 11.4 Å². The van der Waals surface area contributed by atoms with Crippen molar-refractivity contribution in [3.63, 3.8) is 0 Å². The van der Waals surface area contributed by atoms with Crippen molar-refractivity contribution in [2.24, 2.45) is 0 Å². The molecule has 0 radical (unpaired) electrons. The predicted molar refractivity (Wildman–Crippen MR) is 82.2 cm³/mol. The quantitative estimate of drug-likeness (QED) is 0.888. The molecule has 112 valence electrons. The molecule has 0 saturated heterocycles. The first kappa shape index (κ1) is 15.5. The number of hydrogen-bond donors (Lipinski definition) is 1. The molecule has 0 aliphatic rings. The lowest BCUT2D eigenvalue weighted by molar-refractivity contribution is -0.123. The first-order chi connectivity index (χ1) is 9.99. The summed E-state index contributed by atoms with van der Waals surface area (Å²) < 4.78 is 18.5. The fourth-order valence-corrected chi connectivity index (χ4v) is 2.68. The molecule has 0 aliphatic carbocycles. The third-order valence-corrected chi connectivity index (χ3v) is 3.91. The lowest BCUT2D eigenvalue weighted by atomic mass is 9.86. The minimum Gasteiger partial charge on any atom is -0.481 e. The van der Waals surface area contributed by atoms with Gasteiger partial charge in [-0.25, -0.2) is 4.39 Å². The Labute approximate surface area is 127 Å². The Bertz CT molecular complexity index is 596. The Balaban J connectivity index is 1.82. The molecule has 0 unspecified atom stereocenters. The van der Waals surface area contributed by atoms with Crippen molar-refractivity contribution < 1.29 is 13.9 Å². The van der Waals surface area contributed by atoms with Gasteiger partial charge in [0.2, 0.25) is 0 Å². The SMILES string of the molecule is CC(C)(CNC(=O)COc1ccccc1F)c1ccsc1. The number of amides is 1. The monoisotopic (exact) mass is 307 g/mol. The molecule has 0 aliphatic heterocycles. The van der Waals surface area contributed by atoms with Crippen molar-refractivity contribution in [3.05, 3.63) is 52.5 Å². The van der Waals surface area contributed by atoms with Gasteiger partial charge in [-0.05, 0) is 34.5 Å². The first-order valence-electron chi connectivity index (χ1n) is 6.66. The van der Waals surface area contributed by atoms with Crippen molar-refractivity contribution in [3.8, 4) is 5.75 Å². The molecule has 2 aromatic rings. The average molecular weight is 307 g/mol. The van der Waals surface area contributed by atoms with Crippen molar-refractivity contribution >= 4 is 17.2 Å². The van der Waals surface area contributed by atoms with Gasteiger partial charge in [0.1, 0.15) is 0 Å². The van der Waals surface area contributed by atoms with E-state index in [2.05, 4.69) is 24.5 Å². The molecule has 21 heavy (non-hydrogen) atoms. The van der Waals surface area contributed by atoms with Crippen LogP contribution >= 0.6 is 11.3 Å². The van der Waals surface area contributed by atoms with Crippen LogP contribution in [0.4, 0.5) is 4.39 Å². The van der Waals surface area contributed by atoms with E-state index in [0.29, 0.717) is 6.54 Å². The van der Waals surface area contributed by atoms with E-state index >= 15 is 0 Å². The number of halogens is 1. The van der Waals surface area contributed by atoms with E-state index in [1.54, 1.807) is 23.5 Å². The van der Waals surface area contributed by atoms with Crippen molar-refractivity contribution in [1.29, 1.82) is 0 Å². The molecule has 2 rings (SSSR count). The van der Waals surface area contributed by atoms with Crippen LogP contribution in [0, 0.1) is 5.82 Å². The Morgan fingerprint density at radius 1 is 1.33 bits per heavy atom. The molecule has 0 spiro atoms. The molecule has 1 amide bonds. The van der Waals surface area contributed by atoms with E-state index in [0.717, 1.165) is 0 Å². The van der Waals surface area contributed by atoms with E-state index in [4.69, 9.17) is 4.74 Å². The van der Waals surface area contributed by atoms with E-state index in [-0.39, 0.29) is 23.7 Å². The average Bonchev–Trinajstić information content (AvgIpc) is 2.99. The summed E-state index contributed by atoms with van der Waals surface area (Å²) in [6.45, 7) is 4.43. The number of hydrogen-bond acceptors (Lipinski definition) is 3. The maximum absolute atomic E-state index is 13.3. The second-order valence-corrected chi connectivity index (χ2v) is 6.17. The number of carbonyl (C=O) groups excluding carboxylic acids is 1. The van der Waals surface area contributed by atoms with Crippen LogP contribution in [0.15, 0.2) is 41.1 Å². The zero-order valence-electron chi connectivity index (χ0n) is 12.1. The molecule has 3 nitrogen and oxygen atoms in total. The van der Waals surface area contributed by atoms with Crippen LogP contribution in [-0.4, -0.2) is 19.1 Å². The van der Waals surface area contributed by atoms with Gasteiger partial charge in [-0.3, -0.25) is 4.79 Å². The standard InChI is InChI=1S/C16H18FNO2S/c1-16(2,12-7-8-21-10-12)11-18-15(19)9-20-14-6-4-3-5-13(14)17/h3-8,10H,9,11H2,1-2H3,(H,18,19). The maximum Gasteiger partial charge on any atom is 0.257 e. The molecule has 0 fully saturated rings. The van der Waals surface area contributed by atoms with Crippen LogP contribution in [0.3, 0.4) is 0 Å². The van der Waals surface area contributed by atoms with Crippen LogP contribution in [-0.2, 0) is 10.2 Å². The van der Waals surface area contributed by atoms with Gasteiger partial charge in [0.25, 0.3) is 5.91 Å². The van der Waals surface area contributed by atoms with Gasteiger partial charge in [0, 0.05) is 12.0 Å². The third kappa shape index (κ3) is 4.29. The fraction of sp³-hybridized carbons (Fsp3) is 0.312. The highest BCUT2D eigenvalue weighted by Gasteiger charge is 2.21. The maximum atomic E-state index is 13.3. The zero-order valence-corrected chi connectivity index (χ0v) is 12.9. The van der Waals surface area contributed by atoms with Crippen LogP contribution in [0.2, 0.25) is 0 Å². The molecule has 1 aromatic carbocycles. The Kier molecular flexibility index (Phi) is 4.96.